The summed E-state index contributed by atoms with van der Waals surface area (Å²) in [6, 6.07) is 6.12. The molecule has 1 aromatic rings. The maximum atomic E-state index is 9.93. The highest BCUT2D eigenvalue weighted by molar-refractivity contribution is 5.72. The molecule has 1 N–H and O–H groups in total. The Morgan fingerprint density at radius 3 is 2.95 bits per heavy atom. The molecule has 0 aromatic heterocycles. The summed E-state index contributed by atoms with van der Waals surface area (Å²) in [4.78, 5) is 0. The Bertz CT molecular complexity index is 614. The van der Waals surface area contributed by atoms with Crippen molar-refractivity contribution in [3.05, 3.63) is 35.4 Å². The smallest absolute Gasteiger partial charge is 0.116 e. The standard InChI is InChI=1S/C21H28O/c1-3-5-14-12-19-17(16-8-7-15(22)13-18(14)16)9-11-21(2)10-4-6-20(19)21/h5,7-8,13,17,19-20,22H,3-4,6,9-12H2,1-2H3/b14-5+/t17-,19-,20+,21+/m1/s1. The lowest BCUT2D eigenvalue weighted by atomic mass is 9.55. The minimum atomic E-state index is 0.417. The van der Waals surface area contributed by atoms with E-state index in [9.17, 15) is 5.11 Å². The van der Waals surface area contributed by atoms with E-state index >= 15 is 0 Å². The van der Waals surface area contributed by atoms with E-state index < -0.39 is 0 Å². The Morgan fingerprint density at radius 2 is 2.14 bits per heavy atom. The van der Waals surface area contributed by atoms with Crippen LogP contribution >= 0.6 is 0 Å². The van der Waals surface area contributed by atoms with E-state index in [1.807, 2.05) is 12.1 Å². The van der Waals surface area contributed by atoms with Gasteiger partial charge in [-0.15, -0.1) is 0 Å². The van der Waals surface area contributed by atoms with Crippen LogP contribution in [0.15, 0.2) is 24.3 Å². The third-order valence-corrected chi connectivity index (χ3v) is 6.91. The SMILES string of the molecule is CC/C=C1\C[C@@H]2[C@H](CC[C@]3(C)CCC[C@@H]23)c2ccc(O)cc21. The van der Waals surface area contributed by atoms with Gasteiger partial charge in [-0.1, -0.05) is 32.4 Å². The van der Waals surface area contributed by atoms with E-state index in [-0.39, 0.29) is 0 Å². The van der Waals surface area contributed by atoms with Crippen LogP contribution in [-0.4, -0.2) is 5.11 Å². The summed E-state index contributed by atoms with van der Waals surface area (Å²) in [5, 5.41) is 9.93. The minimum absolute atomic E-state index is 0.417. The van der Waals surface area contributed by atoms with E-state index in [1.54, 1.807) is 0 Å². The highest BCUT2D eigenvalue weighted by Gasteiger charge is 2.50. The molecule has 0 amide bonds. The number of aromatic hydroxyl groups is 1. The highest BCUT2D eigenvalue weighted by atomic mass is 16.3. The van der Waals surface area contributed by atoms with Crippen molar-refractivity contribution in [1.82, 2.24) is 0 Å². The Labute approximate surface area is 134 Å². The van der Waals surface area contributed by atoms with Gasteiger partial charge in [-0.05, 0) is 90.5 Å². The molecule has 1 aromatic carbocycles. The van der Waals surface area contributed by atoms with E-state index in [1.165, 1.54) is 55.2 Å². The topological polar surface area (TPSA) is 20.2 Å². The predicted molar refractivity (Wildman–Crippen MR) is 91.9 cm³/mol. The Balaban J connectivity index is 1.80. The number of fused-ring (bicyclic) bond motifs is 5. The number of phenolic OH excluding ortho intramolecular Hbond substituents is 1. The van der Waals surface area contributed by atoms with Gasteiger partial charge in [0.1, 0.15) is 5.75 Å². The molecule has 4 atom stereocenters. The number of allylic oxidation sites excluding steroid dienone is 2. The van der Waals surface area contributed by atoms with Gasteiger partial charge in [-0.25, -0.2) is 0 Å². The zero-order valence-corrected chi connectivity index (χ0v) is 13.9. The summed E-state index contributed by atoms with van der Waals surface area (Å²) >= 11 is 0. The Hall–Kier alpha value is -1.24. The van der Waals surface area contributed by atoms with Crippen LogP contribution in [0.5, 0.6) is 5.75 Å². The zero-order chi connectivity index (χ0) is 15.3. The summed E-state index contributed by atoms with van der Waals surface area (Å²) in [6.07, 6.45) is 11.8. The van der Waals surface area contributed by atoms with Gasteiger partial charge in [0.05, 0.1) is 0 Å². The van der Waals surface area contributed by atoms with Crippen molar-refractivity contribution in [1.29, 1.82) is 0 Å². The average molecular weight is 296 g/mol. The molecule has 0 spiro atoms. The number of hydrogen-bond donors (Lipinski definition) is 1. The first-order valence-corrected chi connectivity index (χ1v) is 9.15. The molecule has 2 saturated carbocycles. The van der Waals surface area contributed by atoms with E-state index in [2.05, 4.69) is 26.0 Å². The molecule has 1 nitrogen and oxygen atoms in total. The molecule has 3 aliphatic carbocycles. The molecule has 118 valence electrons. The van der Waals surface area contributed by atoms with Gasteiger partial charge in [-0.2, -0.15) is 0 Å². The molecule has 0 bridgehead atoms. The highest BCUT2D eigenvalue weighted by Crippen LogP contribution is 2.62. The van der Waals surface area contributed by atoms with Crippen LogP contribution in [0.3, 0.4) is 0 Å². The predicted octanol–water partition coefficient (Wildman–Crippen LogP) is 5.89. The number of rotatable bonds is 1. The van der Waals surface area contributed by atoms with Gasteiger partial charge in [0.15, 0.2) is 0 Å². The van der Waals surface area contributed by atoms with Crippen molar-refractivity contribution in [3.8, 4) is 5.75 Å². The molecule has 4 rings (SSSR count). The number of benzene rings is 1. The van der Waals surface area contributed by atoms with Crippen molar-refractivity contribution >= 4 is 5.57 Å². The summed E-state index contributed by atoms with van der Waals surface area (Å²) in [6.45, 7) is 4.78. The van der Waals surface area contributed by atoms with Crippen LogP contribution in [0.4, 0.5) is 0 Å². The molecule has 0 heterocycles. The molecular weight excluding hydrogens is 268 g/mol. The van der Waals surface area contributed by atoms with Gasteiger partial charge < -0.3 is 5.11 Å². The van der Waals surface area contributed by atoms with Crippen LogP contribution in [0.25, 0.3) is 5.57 Å². The fourth-order valence-corrected chi connectivity index (χ4v) is 5.90. The minimum Gasteiger partial charge on any atom is -0.508 e. The molecule has 0 saturated heterocycles. The normalized spacial score (nSPS) is 38.5. The summed E-state index contributed by atoms with van der Waals surface area (Å²) in [7, 11) is 0. The summed E-state index contributed by atoms with van der Waals surface area (Å²) in [5.41, 5.74) is 4.95. The largest absolute Gasteiger partial charge is 0.508 e. The molecule has 22 heavy (non-hydrogen) atoms. The van der Waals surface area contributed by atoms with Gasteiger partial charge in [0, 0.05) is 0 Å². The van der Waals surface area contributed by atoms with Crippen molar-refractivity contribution in [2.75, 3.05) is 0 Å². The second-order valence-corrected chi connectivity index (χ2v) is 8.08. The Kier molecular flexibility index (Phi) is 3.36. The van der Waals surface area contributed by atoms with Gasteiger partial charge in [0.2, 0.25) is 0 Å². The molecule has 0 radical (unpaired) electrons. The second-order valence-electron chi connectivity index (χ2n) is 8.08. The molecular formula is C21H28O. The maximum Gasteiger partial charge on any atom is 0.116 e. The lowest BCUT2D eigenvalue weighted by Gasteiger charge is -2.49. The summed E-state index contributed by atoms with van der Waals surface area (Å²) < 4.78 is 0. The van der Waals surface area contributed by atoms with E-state index in [0.29, 0.717) is 11.2 Å². The molecule has 0 aliphatic heterocycles. The van der Waals surface area contributed by atoms with Crippen LogP contribution in [-0.2, 0) is 0 Å². The van der Waals surface area contributed by atoms with Crippen molar-refractivity contribution in [2.45, 2.75) is 64.7 Å². The summed E-state index contributed by atoms with van der Waals surface area (Å²) in [5.74, 6) is 2.88. The fraction of sp³-hybridized carbons (Fsp3) is 0.619. The van der Waals surface area contributed by atoms with E-state index in [0.717, 1.165) is 24.2 Å². The van der Waals surface area contributed by atoms with Gasteiger partial charge in [0.25, 0.3) is 0 Å². The molecule has 3 aliphatic rings. The lowest BCUT2D eigenvalue weighted by Crippen LogP contribution is -2.39. The number of phenols is 1. The van der Waals surface area contributed by atoms with E-state index in [4.69, 9.17) is 0 Å². The van der Waals surface area contributed by atoms with Crippen LogP contribution in [0.2, 0.25) is 0 Å². The average Bonchev–Trinajstić information content (AvgIpc) is 2.90. The third kappa shape index (κ3) is 2.05. The molecule has 0 unspecified atom stereocenters. The first kappa shape index (κ1) is 14.4. The Morgan fingerprint density at radius 1 is 1.27 bits per heavy atom. The van der Waals surface area contributed by atoms with Crippen molar-refractivity contribution in [3.63, 3.8) is 0 Å². The first-order valence-electron chi connectivity index (χ1n) is 9.15. The number of hydrogen-bond acceptors (Lipinski definition) is 1. The van der Waals surface area contributed by atoms with Crippen LogP contribution in [0.1, 0.15) is 75.8 Å². The fourth-order valence-electron chi connectivity index (χ4n) is 5.90. The molecule has 2 fully saturated rings. The van der Waals surface area contributed by atoms with Crippen LogP contribution < -0.4 is 0 Å². The lowest BCUT2D eigenvalue weighted by molar-refractivity contribution is 0.0702. The third-order valence-electron chi connectivity index (χ3n) is 6.91. The monoisotopic (exact) mass is 296 g/mol. The van der Waals surface area contributed by atoms with Crippen molar-refractivity contribution in [2.24, 2.45) is 17.3 Å². The quantitative estimate of drug-likeness (QED) is 0.685. The van der Waals surface area contributed by atoms with Gasteiger partial charge >= 0.3 is 0 Å². The maximum absolute atomic E-state index is 9.93. The van der Waals surface area contributed by atoms with Crippen LogP contribution in [0, 0.1) is 17.3 Å². The second kappa shape index (κ2) is 5.15. The zero-order valence-electron chi connectivity index (χ0n) is 13.9. The van der Waals surface area contributed by atoms with Gasteiger partial charge in [-0.3, -0.25) is 0 Å². The van der Waals surface area contributed by atoms with Crippen molar-refractivity contribution < 1.29 is 5.11 Å². The molecule has 1 heteroatoms. The first-order chi connectivity index (χ1) is 10.6.